The lowest BCUT2D eigenvalue weighted by Gasteiger charge is -1.99. The summed E-state index contributed by atoms with van der Waals surface area (Å²) in [5, 5.41) is -0.557. The summed E-state index contributed by atoms with van der Waals surface area (Å²) in [4.78, 5) is 21.1. The van der Waals surface area contributed by atoms with E-state index in [4.69, 9.17) is 23.2 Å². The van der Waals surface area contributed by atoms with Gasteiger partial charge in [0.05, 0.1) is 0 Å². The van der Waals surface area contributed by atoms with Gasteiger partial charge in [-0.25, -0.2) is 4.79 Å². The molecule has 0 aliphatic rings. The summed E-state index contributed by atoms with van der Waals surface area (Å²) >= 11 is 10.9. The van der Waals surface area contributed by atoms with Gasteiger partial charge in [-0.15, -0.1) is 0 Å². The standard InChI is InChI=1S/C9H4Cl2O2/c10-8-4-2-1-3-6(8)7(5-12)9(11)13/h1-4H. The van der Waals surface area contributed by atoms with E-state index in [2.05, 4.69) is 0 Å². The summed E-state index contributed by atoms with van der Waals surface area (Å²) in [5.74, 6) is 1.46. The molecule has 0 amide bonds. The molecule has 2 nitrogen and oxygen atoms in total. The minimum absolute atomic E-state index is 0.243. The quantitative estimate of drug-likeness (QED) is 0.431. The molecule has 0 bridgehead atoms. The highest BCUT2D eigenvalue weighted by Crippen LogP contribution is 2.23. The first-order valence-corrected chi connectivity index (χ1v) is 4.12. The largest absolute Gasteiger partial charge is 0.275 e. The lowest BCUT2D eigenvalue weighted by Crippen LogP contribution is -1.94. The molecule has 0 aliphatic carbocycles. The number of hydrogen-bond acceptors (Lipinski definition) is 2. The third-order valence-electron chi connectivity index (χ3n) is 1.44. The van der Waals surface area contributed by atoms with Gasteiger partial charge < -0.3 is 0 Å². The highest BCUT2D eigenvalue weighted by atomic mass is 35.5. The summed E-state index contributed by atoms with van der Waals surface area (Å²) < 4.78 is 0. The zero-order valence-electron chi connectivity index (χ0n) is 6.38. The lowest BCUT2D eigenvalue weighted by molar-refractivity contribution is -0.106. The highest BCUT2D eigenvalue weighted by Gasteiger charge is 2.12. The summed E-state index contributed by atoms with van der Waals surface area (Å²) in [7, 11) is 0. The van der Waals surface area contributed by atoms with E-state index in [-0.39, 0.29) is 5.57 Å². The van der Waals surface area contributed by atoms with E-state index in [0.717, 1.165) is 0 Å². The molecule has 0 fully saturated rings. The zero-order valence-corrected chi connectivity index (χ0v) is 7.89. The maximum Gasteiger partial charge on any atom is 0.264 e. The second-order valence-corrected chi connectivity index (χ2v) is 2.98. The van der Waals surface area contributed by atoms with Crippen molar-refractivity contribution in [3.63, 3.8) is 0 Å². The van der Waals surface area contributed by atoms with Crippen molar-refractivity contribution in [1.82, 2.24) is 0 Å². The van der Waals surface area contributed by atoms with Crippen LogP contribution in [0.15, 0.2) is 24.3 Å². The second-order valence-electron chi connectivity index (χ2n) is 2.23. The third kappa shape index (κ3) is 2.19. The van der Waals surface area contributed by atoms with Crippen LogP contribution in [-0.2, 0) is 9.59 Å². The monoisotopic (exact) mass is 214 g/mol. The SMILES string of the molecule is O=C=C(C(=O)Cl)c1ccccc1Cl. The van der Waals surface area contributed by atoms with Crippen LogP contribution in [0.3, 0.4) is 0 Å². The first-order valence-electron chi connectivity index (χ1n) is 3.36. The minimum Gasteiger partial charge on any atom is -0.275 e. The Labute approximate surface area is 84.8 Å². The van der Waals surface area contributed by atoms with Crippen LogP contribution in [0.1, 0.15) is 5.56 Å². The van der Waals surface area contributed by atoms with Gasteiger partial charge in [0.15, 0.2) is 0 Å². The fourth-order valence-electron chi connectivity index (χ4n) is 0.865. The molecular weight excluding hydrogens is 211 g/mol. The highest BCUT2D eigenvalue weighted by molar-refractivity contribution is 6.76. The van der Waals surface area contributed by atoms with Crippen molar-refractivity contribution in [2.24, 2.45) is 0 Å². The number of hydrogen-bond donors (Lipinski definition) is 0. The predicted octanol–water partition coefficient (Wildman–Crippen LogP) is 2.32. The van der Waals surface area contributed by atoms with Crippen molar-refractivity contribution >= 4 is 40.0 Å². The molecule has 4 heteroatoms. The van der Waals surface area contributed by atoms with E-state index in [1.54, 1.807) is 18.2 Å². The van der Waals surface area contributed by atoms with Gasteiger partial charge in [-0.05, 0) is 17.7 Å². The number of carbonyl (C=O) groups is 1. The van der Waals surface area contributed by atoms with E-state index in [1.807, 2.05) is 0 Å². The number of allylic oxidation sites excluding steroid dienone is 1. The van der Waals surface area contributed by atoms with Crippen LogP contribution in [0.4, 0.5) is 0 Å². The number of carbonyl (C=O) groups excluding carboxylic acids is 2. The van der Waals surface area contributed by atoms with Crippen molar-refractivity contribution in [3.05, 3.63) is 34.9 Å². The van der Waals surface area contributed by atoms with Crippen LogP contribution < -0.4 is 0 Å². The van der Waals surface area contributed by atoms with Crippen molar-refractivity contribution in [3.8, 4) is 0 Å². The minimum atomic E-state index is -0.858. The van der Waals surface area contributed by atoms with Crippen molar-refractivity contribution in [2.45, 2.75) is 0 Å². The van der Waals surface area contributed by atoms with E-state index in [0.29, 0.717) is 10.6 Å². The number of halogens is 2. The van der Waals surface area contributed by atoms with Crippen LogP contribution in [0, 0.1) is 0 Å². The Kier molecular flexibility index (Phi) is 3.26. The molecule has 13 heavy (non-hydrogen) atoms. The maximum absolute atomic E-state index is 10.7. The molecule has 0 N–H and O–H groups in total. The topological polar surface area (TPSA) is 34.1 Å². The first kappa shape index (κ1) is 10.0. The Morgan fingerprint density at radius 2 is 1.92 bits per heavy atom. The predicted molar refractivity (Wildman–Crippen MR) is 51.4 cm³/mol. The molecule has 0 saturated heterocycles. The maximum atomic E-state index is 10.7. The molecule has 0 aromatic heterocycles. The Morgan fingerprint density at radius 3 is 2.38 bits per heavy atom. The van der Waals surface area contributed by atoms with E-state index in [1.165, 1.54) is 12.0 Å². The third-order valence-corrected chi connectivity index (χ3v) is 1.96. The van der Waals surface area contributed by atoms with Gasteiger partial charge in [0.2, 0.25) is 0 Å². The summed E-state index contributed by atoms with van der Waals surface area (Å²) in [5.41, 5.74) is 0.0615. The van der Waals surface area contributed by atoms with Gasteiger partial charge in [-0.2, -0.15) is 0 Å². The fraction of sp³-hybridized carbons (Fsp3) is 0. The summed E-state index contributed by atoms with van der Waals surface area (Å²) in [6.07, 6.45) is 0. The molecule has 0 heterocycles. The van der Waals surface area contributed by atoms with E-state index < -0.39 is 5.24 Å². The molecular formula is C9H4Cl2O2. The molecule has 1 aromatic carbocycles. The van der Waals surface area contributed by atoms with E-state index >= 15 is 0 Å². The Morgan fingerprint density at radius 1 is 1.31 bits per heavy atom. The molecule has 1 aromatic rings. The van der Waals surface area contributed by atoms with Gasteiger partial charge in [-0.1, -0.05) is 29.8 Å². The molecule has 0 saturated carbocycles. The van der Waals surface area contributed by atoms with Gasteiger partial charge >= 0.3 is 0 Å². The normalized spacial score (nSPS) is 9.08. The Hall–Kier alpha value is -1.08. The molecule has 0 unspecified atom stereocenters. The van der Waals surface area contributed by atoms with Crippen LogP contribution in [-0.4, -0.2) is 11.2 Å². The molecule has 0 spiro atoms. The van der Waals surface area contributed by atoms with Gasteiger partial charge in [0.25, 0.3) is 5.24 Å². The van der Waals surface area contributed by atoms with Crippen LogP contribution in [0.5, 0.6) is 0 Å². The fourth-order valence-corrected chi connectivity index (χ4v) is 1.24. The number of benzene rings is 1. The van der Waals surface area contributed by atoms with E-state index in [9.17, 15) is 9.59 Å². The molecule has 0 aliphatic heterocycles. The van der Waals surface area contributed by atoms with Crippen molar-refractivity contribution in [2.75, 3.05) is 0 Å². The number of rotatable bonds is 2. The summed E-state index contributed by atoms with van der Waals surface area (Å²) in [6.45, 7) is 0. The van der Waals surface area contributed by atoms with Gasteiger partial charge in [0, 0.05) is 10.6 Å². The molecule has 0 atom stereocenters. The average Bonchev–Trinajstić information content (AvgIpc) is 2.09. The Bertz CT molecular complexity index is 392. The summed E-state index contributed by atoms with van der Waals surface area (Å²) in [6, 6.07) is 6.43. The van der Waals surface area contributed by atoms with Crippen LogP contribution in [0.2, 0.25) is 5.02 Å². The van der Waals surface area contributed by atoms with Crippen LogP contribution in [0.25, 0.3) is 5.57 Å². The van der Waals surface area contributed by atoms with Gasteiger partial charge in [0.1, 0.15) is 11.5 Å². The second kappa shape index (κ2) is 4.24. The Balaban J connectivity index is 3.29. The molecule has 66 valence electrons. The van der Waals surface area contributed by atoms with Crippen molar-refractivity contribution in [1.29, 1.82) is 0 Å². The van der Waals surface area contributed by atoms with Gasteiger partial charge in [-0.3, -0.25) is 4.79 Å². The zero-order chi connectivity index (χ0) is 9.84. The molecule has 1 rings (SSSR count). The molecule has 0 radical (unpaired) electrons. The first-order chi connectivity index (χ1) is 6.16. The average molecular weight is 215 g/mol. The van der Waals surface area contributed by atoms with Crippen LogP contribution >= 0.6 is 23.2 Å². The lowest BCUT2D eigenvalue weighted by atomic mass is 10.1. The smallest absolute Gasteiger partial charge is 0.264 e. The van der Waals surface area contributed by atoms with Crippen molar-refractivity contribution < 1.29 is 9.59 Å².